The number of halogens is 1. The van der Waals surface area contributed by atoms with Crippen LogP contribution < -0.4 is 10.1 Å². The quantitative estimate of drug-likeness (QED) is 0.555. The highest BCUT2D eigenvalue weighted by Crippen LogP contribution is 2.24. The second-order valence-corrected chi connectivity index (χ2v) is 7.78. The molecule has 142 valence electrons. The van der Waals surface area contributed by atoms with Gasteiger partial charge in [-0.3, -0.25) is 10.1 Å². The molecule has 0 fully saturated rings. The Balaban J connectivity index is 1.52. The number of benzene rings is 1. The smallest absolute Gasteiger partial charge is 0.236 e. The number of carbonyl (C=O) groups excluding carboxylic acids is 1. The van der Waals surface area contributed by atoms with Gasteiger partial charge in [0.05, 0.1) is 10.8 Å². The summed E-state index contributed by atoms with van der Waals surface area (Å²) < 4.78 is 7.46. The third-order valence-corrected chi connectivity index (χ3v) is 5.78. The van der Waals surface area contributed by atoms with Crippen LogP contribution in [0.15, 0.2) is 29.4 Å². The maximum absolute atomic E-state index is 12.1. The molecule has 0 saturated carbocycles. The van der Waals surface area contributed by atoms with E-state index in [4.69, 9.17) is 16.3 Å². The molecule has 0 atom stereocenters. The molecule has 2 heterocycles. The molecule has 0 aliphatic heterocycles. The molecular weight excluding hydrogens is 408 g/mol. The van der Waals surface area contributed by atoms with Gasteiger partial charge in [0.15, 0.2) is 11.0 Å². The highest BCUT2D eigenvalue weighted by molar-refractivity contribution is 7.99. The van der Waals surface area contributed by atoms with E-state index in [0.29, 0.717) is 26.9 Å². The summed E-state index contributed by atoms with van der Waals surface area (Å²) >= 11 is 8.73. The van der Waals surface area contributed by atoms with Crippen LogP contribution in [0.5, 0.6) is 5.75 Å². The third kappa shape index (κ3) is 5.18. The molecule has 11 heteroatoms. The first-order chi connectivity index (χ1) is 13.1. The number of anilines is 1. The topological polar surface area (TPSA) is 94.8 Å². The van der Waals surface area contributed by atoms with Gasteiger partial charge >= 0.3 is 0 Å². The number of para-hydroxylation sites is 1. The van der Waals surface area contributed by atoms with Gasteiger partial charge in [-0.25, -0.2) is 0 Å². The number of hydrogen-bond donors (Lipinski definition) is 1. The van der Waals surface area contributed by atoms with Gasteiger partial charge in [0.25, 0.3) is 0 Å². The summed E-state index contributed by atoms with van der Waals surface area (Å²) in [5, 5.41) is 21.4. The fraction of sp³-hybridized carbons (Fsp3) is 0.312. The van der Waals surface area contributed by atoms with Gasteiger partial charge in [0.2, 0.25) is 11.0 Å². The van der Waals surface area contributed by atoms with Crippen molar-refractivity contribution in [1.82, 2.24) is 25.0 Å². The molecule has 1 N–H and O–H groups in total. The summed E-state index contributed by atoms with van der Waals surface area (Å²) in [6.07, 6.45) is 0.792. The Morgan fingerprint density at radius 1 is 1.30 bits per heavy atom. The second kappa shape index (κ2) is 9.16. The fourth-order valence-electron chi connectivity index (χ4n) is 2.03. The number of thioether (sulfide) groups is 1. The van der Waals surface area contributed by atoms with Crippen LogP contribution in [0.1, 0.15) is 17.8 Å². The lowest BCUT2D eigenvalue weighted by molar-refractivity contribution is -0.113. The summed E-state index contributed by atoms with van der Waals surface area (Å²) in [6, 6.07) is 7.23. The first-order valence-electron chi connectivity index (χ1n) is 8.07. The van der Waals surface area contributed by atoms with Crippen molar-refractivity contribution in [3.8, 4) is 5.75 Å². The number of aromatic nitrogens is 5. The van der Waals surface area contributed by atoms with Gasteiger partial charge in [0.1, 0.15) is 17.4 Å². The van der Waals surface area contributed by atoms with E-state index in [2.05, 4.69) is 25.7 Å². The van der Waals surface area contributed by atoms with E-state index in [1.165, 1.54) is 23.1 Å². The molecule has 1 amide bonds. The van der Waals surface area contributed by atoms with E-state index in [1.807, 2.05) is 26.1 Å². The van der Waals surface area contributed by atoms with Crippen LogP contribution in [0.4, 0.5) is 5.13 Å². The predicted molar refractivity (Wildman–Crippen MR) is 105 cm³/mol. The summed E-state index contributed by atoms with van der Waals surface area (Å²) in [6.45, 7) is 2.22. The number of ether oxygens (including phenoxy) is 1. The van der Waals surface area contributed by atoms with Crippen LogP contribution in [0, 0.1) is 0 Å². The number of rotatable bonds is 8. The van der Waals surface area contributed by atoms with Crippen LogP contribution in [-0.4, -0.2) is 36.6 Å². The highest BCUT2D eigenvalue weighted by atomic mass is 35.5. The number of carbonyl (C=O) groups is 1. The molecule has 1 aromatic carbocycles. The third-order valence-electron chi connectivity index (χ3n) is 3.47. The zero-order valence-corrected chi connectivity index (χ0v) is 17.1. The molecule has 27 heavy (non-hydrogen) atoms. The van der Waals surface area contributed by atoms with Gasteiger partial charge < -0.3 is 9.30 Å². The summed E-state index contributed by atoms with van der Waals surface area (Å²) in [5.41, 5.74) is 0. The number of aryl methyl sites for hydroxylation is 1. The van der Waals surface area contributed by atoms with Crippen LogP contribution in [0.3, 0.4) is 0 Å². The molecule has 2 aromatic heterocycles. The van der Waals surface area contributed by atoms with Crippen molar-refractivity contribution in [3.63, 3.8) is 0 Å². The number of nitrogens with zero attached hydrogens (tertiary/aromatic N) is 5. The standard InChI is InChI=1S/C16H17ClN6O2S2/c1-3-14-20-21-15(27-14)18-13(24)9-26-16-22-19-12(23(16)2)8-25-11-7-5-4-6-10(11)17/h4-7H,3,8-9H2,1-2H3,(H,18,21,24). The Bertz CT molecular complexity index is 929. The molecular formula is C16H17ClN6O2S2. The lowest BCUT2D eigenvalue weighted by Gasteiger charge is -2.07. The summed E-state index contributed by atoms with van der Waals surface area (Å²) in [5.74, 6) is 1.24. The Morgan fingerprint density at radius 2 is 2.11 bits per heavy atom. The maximum Gasteiger partial charge on any atom is 0.236 e. The van der Waals surface area contributed by atoms with Crippen molar-refractivity contribution in [2.45, 2.75) is 25.1 Å². The van der Waals surface area contributed by atoms with E-state index in [9.17, 15) is 4.79 Å². The SMILES string of the molecule is CCc1nnc(NC(=O)CSc2nnc(COc3ccccc3Cl)n2C)s1. The van der Waals surface area contributed by atoms with Crippen molar-refractivity contribution < 1.29 is 9.53 Å². The van der Waals surface area contributed by atoms with Crippen LogP contribution in [-0.2, 0) is 24.9 Å². The van der Waals surface area contributed by atoms with Gasteiger partial charge in [-0.15, -0.1) is 20.4 Å². The zero-order valence-electron chi connectivity index (χ0n) is 14.7. The van der Waals surface area contributed by atoms with Gasteiger partial charge in [-0.2, -0.15) is 0 Å². The minimum atomic E-state index is -0.171. The Labute approximate surface area is 169 Å². The van der Waals surface area contributed by atoms with Crippen molar-refractivity contribution in [3.05, 3.63) is 40.1 Å². The normalized spacial score (nSPS) is 10.8. The number of nitrogens with one attached hydrogen (secondary N) is 1. The van der Waals surface area contributed by atoms with Crippen LogP contribution in [0.2, 0.25) is 5.02 Å². The monoisotopic (exact) mass is 424 g/mol. The van der Waals surface area contributed by atoms with E-state index < -0.39 is 0 Å². The molecule has 3 aromatic rings. The van der Waals surface area contributed by atoms with Crippen molar-refractivity contribution in [1.29, 1.82) is 0 Å². The summed E-state index contributed by atoms with van der Waals surface area (Å²) in [7, 11) is 1.82. The molecule has 0 aliphatic carbocycles. The van der Waals surface area contributed by atoms with E-state index >= 15 is 0 Å². The predicted octanol–water partition coefficient (Wildman–Crippen LogP) is 3.19. The Hall–Kier alpha value is -2.17. The highest BCUT2D eigenvalue weighted by Gasteiger charge is 2.14. The molecule has 0 spiro atoms. The Kier molecular flexibility index (Phi) is 6.64. The average molecular weight is 425 g/mol. The second-order valence-electron chi connectivity index (χ2n) is 5.37. The first kappa shape index (κ1) is 19.6. The van der Waals surface area contributed by atoms with E-state index in [0.717, 1.165) is 11.4 Å². The Morgan fingerprint density at radius 3 is 2.85 bits per heavy atom. The van der Waals surface area contributed by atoms with Crippen molar-refractivity contribution in [2.75, 3.05) is 11.1 Å². The number of hydrogen-bond acceptors (Lipinski definition) is 8. The lowest BCUT2D eigenvalue weighted by Crippen LogP contribution is -2.14. The van der Waals surface area contributed by atoms with Crippen LogP contribution in [0.25, 0.3) is 0 Å². The molecule has 0 bridgehead atoms. The van der Waals surface area contributed by atoms with Crippen molar-refractivity contribution in [2.24, 2.45) is 7.05 Å². The minimum Gasteiger partial charge on any atom is -0.484 e. The largest absolute Gasteiger partial charge is 0.484 e. The van der Waals surface area contributed by atoms with E-state index in [1.54, 1.807) is 16.7 Å². The summed E-state index contributed by atoms with van der Waals surface area (Å²) in [4.78, 5) is 12.1. The molecule has 0 radical (unpaired) electrons. The minimum absolute atomic E-state index is 0.171. The van der Waals surface area contributed by atoms with Gasteiger partial charge in [0, 0.05) is 7.05 Å². The fourth-order valence-corrected chi connectivity index (χ4v) is 3.65. The molecule has 8 nitrogen and oxygen atoms in total. The van der Waals surface area contributed by atoms with Crippen LogP contribution >= 0.6 is 34.7 Å². The first-order valence-corrected chi connectivity index (χ1v) is 10.3. The molecule has 0 aliphatic rings. The van der Waals surface area contributed by atoms with Gasteiger partial charge in [-0.05, 0) is 18.6 Å². The average Bonchev–Trinajstić information content (AvgIpc) is 3.26. The van der Waals surface area contributed by atoms with Gasteiger partial charge in [-0.1, -0.05) is 53.8 Å². The lowest BCUT2D eigenvalue weighted by atomic mass is 10.3. The zero-order chi connectivity index (χ0) is 19.2. The number of amides is 1. The maximum atomic E-state index is 12.1. The molecule has 0 saturated heterocycles. The molecule has 0 unspecified atom stereocenters. The molecule has 3 rings (SSSR count). The van der Waals surface area contributed by atoms with Crippen molar-refractivity contribution >= 4 is 45.7 Å². The van der Waals surface area contributed by atoms with E-state index in [-0.39, 0.29) is 18.3 Å².